The van der Waals surface area contributed by atoms with Gasteiger partial charge in [-0.15, -0.1) is 0 Å². The first-order valence-corrected chi connectivity index (χ1v) is 12.4. The van der Waals surface area contributed by atoms with Crippen LogP contribution < -0.4 is 10.1 Å². The van der Waals surface area contributed by atoms with E-state index in [0.717, 1.165) is 35.3 Å². The number of aliphatic hydroxyl groups is 1. The van der Waals surface area contributed by atoms with Gasteiger partial charge in [-0.25, -0.2) is 4.79 Å². The number of aliphatic hydroxyl groups excluding tert-OH is 1. The first kappa shape index (κ1) is 25.3. The molecule has 0 radical (unpaired) electrons. The highest BCUT2D eigenvalue weighted by Gasteiger charge is 2.34. The largest absolute Gasteiger partial charge is 0.464 e. The molecule has 1 fully saturated rings. The number of nitrogens with one attached hydrogen (secondary N) is 1. The summed E-state index contributed by atoms with van der Waals surface area (Å²) in [5.41, 5.74) is 2.63. The van der Waals surface area contributed by atoms with E-state index in [1.165, 1.54) is 0 Å². The molecule has 2 aliphatic heterocycles. The van der Waals surface area contributed by atoms with Gasteiger partial charge in [0.15, 0.2) is 0 Å². The second-order valence-electron chi connectivity index (χ2n) is 10.3. The first-order valence-electron chi connectivity index (χ1n) is 12.4. The summed E-state index contributed by atoms with van der Waals surface area (Å²) in [5.74, 6) is 0.776. The molecule has 2 heterocycles. The second-order valence-corrected chi connectivity index (χ2v) is 10.3. The van der Waals surface area contributed by atoms with Gasteiger partial charge < -0.3 is 29.5 Å². The Balaban J connectivity index is 1.31. The zero-order valence-corrected chi connectivity index (χ0v) is 20.8. The SMILES string of the molecule is CC(C)(C)OC(=O)N1CCC(C2OCc3cc(C4=CCC(C(=O)NCCO)C=C4)ccc3O2)CC1. The molecule has 3 aliphatic rings. The molecule has 0 bridgehead atoms. The number of piperidine rings is 1. The minimum Gasteiger partial charge on any atom is -0.464 e. The van der Waals surface area contributed by atoms with Gasteiger partial charge >= 0.3 is 6.09 Å². The first-order chi connectivity index (χ1) is 16.7. The number of hydrogen-bond acceptors (Lipinski definition) is 6. The van der Waals surface area contributed by atoms with Crippen LogP contribution in [0.1, 0.15) is 51.2 Å². The Kier molecular flexibility index (Phi) is 7.82. The monoisotopic (exact) mass is 484 g/mol. The van der Waals surface area contributed by atoms with Gasteiger partial charge in [-0.3, -0.25) is 4.79 Å². The highest BCUT2D eigenvalue weighted by molar-refractivity contribution is 5.84. The maximum Gasteiger partial charge on any atom is 0.410 e. The van der Waals surface area contributed by atoms with Gasteiger partial charge in [0.1, 0.15) is 11.4 Å². The van der Waals surface area contributed by atoms with Crippen molar-refractivity contribution in [3.8, 4) is 5.75 Å². The van der Waals surface area contributed by atoms with Crippen molar-refractivity contribution < 1.29 is 28.9 Å². The third-order valence-corrected chi connectivity index (χ3v) is 6.46. The summed E-state index contributed by atoms with van der Waals surface area (Å²) in [5, 5.41) is 11.6. The van der Waals surface area contributed by atoms with E-state index in [4.69, 9.17) is 19.3 Å². The van der Waals surface area contributed by atoms with Crippen LogP contribution in [0, 0.1) is 11.8 Å². The molecule has 2 unspecified atom stereocenters. The summed E-state index contributed by atoms with van der Waals surface area (Å²) >= 11 is 0. The zero-order chi connectivity index (χ0) is 25.0. The molecule has 0 aromatic heterocycles. The zero-order valence-electron chi connectivity index (χ0n) is 20.8. The number of benzene rings is 1. The molecule has 1 aliphatic carbocycles. The van der Waals surface area contributed by atoms with Crippen LogP contribution in [-0.2, 0) is 20.9 Å². The molecule has 1 aromatic rings. The molecule has 2 N–H and O–H groups in total. The number of carbonyl (C=O) groups excluding carboxylic acids is 2. The Morgan fingerprint density at radius 3 is 2.66 bits per heavy atom. The minimum atomic E-state index is -0.494. The van der Waals surface area contributed by atoms with Gasteiger partial charge in [0.25, 0.3) is 0 Å². The number of fused-ring (bicyclic) bond motifs is 1. The van der Waals surface area contributed by atoms with E-state index in [0.29, 0.717) is 26.1 Å². The smallest absolute Gasteiger partial charge is 0.410 e. The summed E-state index contributed by atoms with van der Waals surface area (Å²) in [4.78, 5) is 26.2. The topological polar surface area (TPSA) is 97.3 Å². The average molecular weight is 485 g/mol. The Hall–Kier alpha value is -2.84. The van der Waals surface area contributed by atoms with Crippen molar-refractivity contribution in [1.82, 2.24) is 10.2 Å². The third-order valence-electron chi connectivity index (χ3n) is 6.46. The number of ether oxygens (including phenoxy) is 3. The standard InChI is InChI=1S/C27H36N2O6/c1-27(2,3)35-26(32)29-13-10-20(11-14-29)25-33-17-22-16-21(8-9-23(22)34-25)18-4-6-19(7-5-18)24(31)28-12-15-30/h4-6,8-9,16,19-20,25,30H,7,10-15,17H2,1-3H3,(H,28,31). The molecule has 2 amide bonds. The number of likely N-dealkylation sites (tertiary alicyclic amines) is 1. The summed E-state index contributed by atoms with van der Waals surface area (Å²) < 4.78 is 17.8. The number of amides is 2. The Labute approximate surface area is 206 Å². The predicted molar refractivity (Wildman–Crippen MR) is 131 cm³/mol. The molecule has 190 valence electrons. The molecular weight excluding hydrogens is 448 g/mol. The van der Waals surface area contributed by atoms with E-state index in [-0.39, 0.29) is 43.3 Å². The molecule has 35 heavy (non-hydrogen) atoms. The van der Waals surface area contributed by atoms with Gasteiger partial charge in [0.2, 0.25) is 12.2 Å². The fourth-order valence-electron chi connectivity index (χ4n) is 4.57. The predicted octanol–water partition coefficient (Wildman–Crippen LogP) is 3.64. The van der Waals surface area contributed by atoms with Crippen LogP contribution in [0.3, 0.4) is 0 Å². The molecule has 4 rings (SSSR count). The molecule has 8 nitrogen and oxygen atoms in total. The molecule has 1 aromatic carbocycles. The van der Waals surface area contributed by atoms with Crippen molar-refractivity contribution in [1.29, 1.82) is 0 Å². The van der Waals surface area contributed by atoms with Gasteiger partial charge in [-0.05, 0) is 63.3 Å². The fraction of sp³-hybridized carbons (Fsp3) is 0.556. The van der Waals surface area contributed by atoms with Gasteiger partial charge in [-0.1, -0.05) is 24.3 Å². The second kappa shape index (κ2) is 10.8. The number of carbonyl (C=O) groups is 2. The lowest BCUT2D eigenvalue weighted by molar-refractivity contribution is -0.149. The lowest BCUT2D eigenvalue weighted by atomic mass is 9.91. The lowest BCUT2D eigenvalue weighted by Crippen LogP contribution is -2.45. The molecule has 0 spiro atoms. The highest BCUT2D eigenvalue weighted by atomic mass is 16.7. The molecule has 8 heteroatoms. The van der Waals surface area contributed by atoms with E-state index in [9.17, 15) is 9.59 Å². The van der Waals surface area contributed by atoms with E-state index in [1.807, 2.05) is 45.1 Å². The highest BCUT2D eigenvalue weighted by Crippen LogP contribution is 2.35. The van der Waals surface area contributed by atoms with E-state index >= 15 is 0 Å². The summed E-state index contributed by atoms with van der Waals surface area (Å²) in [7, 11) is 0. The molecule has 2 atom stereocenters. The summed E-state index contributed by atoms with van der Waals surface area (Å²) in [6.45, 7) is 7.58. The fourth-order valence-corrected chi connectivity index (χ4v) is 4.57. The number of hydrogen-bond donors (Lipinski definition) is 2. The van der Waals surface area contributed by atoms with Crippen LogP contribution in [-0.4, -0.2) is 60.1 Å². The molecule has 0 saturated carbocycles. The number of rotatable bonds is 5. The van der Waals surface area contributed by atoms with Crippen LogP contribution in [0.5, 0.6) is 5.75 Å². The lowest BCUT2D eigenvalue weighted by Gasteiger charge is -2.38. The summed E-state index contributed by atoms with van der Waals surface area (Å²) in [6.07, 6.45) is 7.61. The maximum absolute atomic E-state index is 12.3. The van der Waals surface area contributed by atoms with Gasteiger partial charge in [0.05, 0.1) is 19.1 Å². The summed E-state index contributed by atoms with van der Waals surface area (Å²) in [6, 6.07) is 6.11. The van der Waals surface area contributed by atoms with E-state index < -0.39 is 5.60 Å². The van der Waals surface area contributed by atoms with Crippen molar-refractivity contribution in [2.24, 2.45) is 11.8 Å². The van der Waals surface area contributed by atoms with Crippen LogP contribution in [0.2, 0.25) is 0 Å². The van der Waals surface area contributed by atoms with Crippen molar-refractivity contribution in [3.05, 3.63) is 47.6 Å². The average Bonchev–Trinajstić information content (AvgIpc) is 2.86. The van der Waals surface area contributed by atoms with Crippen molar-refractivity contribution in [2.75, 3.05) is 26.2 Å². The van der Waals surface area contributed by atoms with Crippen LogP contribution in [0.15, 0.2) is 36.4 Å². The maximum atomic E-state index is 12.3. The van der Waals surface area contributed by atoms with Crippen LogP contribution >= 0.6 is 0 Å². The Morgan fingerprint density at radius 2 is 2.00 bits per heavy atom. The van der Waals surface area contributed by atoms with Gasteiger partial charge in [-0.2, -0.15) is 0 Å². The third kappa shape index (κ3) is 6.44. The van der Waals surface area contributed by atoms with Crippen LogP contribution in [0.25, 0.3) is 5.57 Å². The Bertz CT molecular complexity index is 988. The van der Waals surface area contributed by atoms with E-state index in [2.05, 4.69) is 17.5 Å². The van der Waals surface area contributed by atoms with Crippen molar-refractivity contribution in [3.63, 3.8) is 0 Å². The molecular formula is C27H36N2O6. The van der Waals surface area contributed by atoms with Crippen LogP contribution in [0.4, 0.5) is 4.79 Å². The number of allylic oxidation sites excluding steroid dienone is 3. The van der Waals surface area contributed by atoms with Crippen molar-refractivity contribution >= 4 is 17.6 Å². The van der Waals surface area contributed by atoms with Crippen molar-refractivity contribution in [2.45, 2.75) is 58.5 Å². The number of nitrogens with zero attached hydrogens (tertiary/aromatic N) is 1. The van der Waals surface area contributed by atoms with E-state index in [1.54, 1.807) is 4.90 Å². The minimum absolute atomic E-state index is 0.0609. The van der Waals surface area contributed by atoms with Gasteiger partial charge in [0, 0.05) is 31.1 Å². The quantitative estimate of drug-likeness (QED) is 0.662. The molecule has 1 saturated heterocycles. The Morgan fingerprint density at radius 1 is 1.23 bits per heavy atom. The normalized spacial score (nSPS) is 22.6.